The van der Waals surface area contributed by atoms with Crippen LogP contribution in [0.4, 0.5) is 0 Å². The number of aromatic nitrogens is 3. The van der Waals surface area contributed by atoms with Crippen LogP contribution in [0.3, 0.4) is 0 Å². The van der Waals surface area contributed by atoms with Crippen molar-refractivity contribution in [3.05, 3.63) is 200 Å². The Morgan fingerprint density at radius 3 is 1.09 bits per heavy atom. The zero-order chi connectivity index (χ0) is 37.7. The molecule has 0 saturated heterocycles. The Bertz CT molecular complexity index is 3130. The summed E-state index contributed by atoms with van der Waals surface area (Å²) in [6.45, 7) is 0. The van der Waals surface area contributed by atoms with Gasteiger partial charge in [-0.1, -0.05) is 170 Å². The Balaban J connectivity index is 0.960. The monoisotopic (exact) mass is 727 g/mol. The molecular formula is C53H33N3O. The van der Waals surface area contributed by atoms with Gasteiger partial charge in [0.05, 0.1) is 0 Å². The van der Waals surface area contributed by atoms with Crippen molar-refractivity contribution in [2.24, 2.45) is 0 Å². The van der Waals surface area contributed by atoms with E-state index in [-0.39, 0.29) is 0 Å². The zero-order valence-electron chi connectivity index (χ0n) is 30.8. The first-order chi connectivity index (χ1) is 28.2. The van der Waals surface area contributed by atoms with Crippen molar-refractivity contribution in [3.63, 3.8) is 0 Å². The van der Waals surface area contributed by atoms with Crippen molar-refractivity contribution < 1.29 is 4.42 Å². The van der Waals surface area contributed by atoms with Gasteiger partial charge in [0.2, 0.25) is 0 Å². The van der Waals surface area contributed by atoms with Gasteiger partial charge in [0.1, 0.15) is 11.2 Å². The molecule has 11 rings (SSSR count). The fourth-order valence-electron chi connectivity index (χ4n) is 7.84. The second-order valence-electron chi connectivity index (χ2n) is 14.5. The summed E-state index contributed by atoms with van der Waals surface area (Å²) in [4.78, 5) is 15.2. The molecule has 2 heterocycles. The Kier molecular flexibility index (Phi) is 7.78. The van der Waals surface area contributed by atoms with Gasteiger partial charge in [-0.05, 0) is 85.3 Å². The fraction of sp³-hybridized carbons (Fsp3) is 0. The van der Waals surface area contributed by atoms with E-state index in [4.69, 9.17) is 19.4 Å². The summed E-state index contributed by atoms with van der Waals surface area (Å²) in [7, 11) is 0. The molecule has 0 bridgehead atoms. The van der Waals surface area contributed by atoms with Crippen LogP contribution in [0, 0.1) is 0 Å². The zero-order valence-corrected chi connectivity index (χ0v) is 30.8. The van der Waals surface area contributed by atoms with E-state index in [0.717, 1.165) is 60.9 Å². The third-order valence-corrected chi connectivity index (χ3v) is 10.9. The highest BCUT2D eigenvalue weighted by Gasteiger charge is 2.15. The number of benzene rings is 9. The van der Waals surface area contributed by atoms with E-state index in [9.17, 15) is 0 Å². The van der Waals surface area contributed by atoms with E-state index in [1.54, 1.807) is 0 Å². The number of rotatable bonds is 6. The van der Waals surface area contributed by atoms with Crippen LogP contribution in [0.1, 0.15) is 0 Å². The molecule has 4 heteroatoms. The largest absolute Gasteiger partial charge is 0.456 e. The van der Waals surface area contributed by atoms with Crippen molar-refractivity contribution in [2.75, 3.05) is 0 Å². The van der Waals surface area contributed by atoms with E-state index >= 15 is 0 Å². The Hall–Kier alpha value is -7.69. The number of furan rings is 1. The highest BCUT2D eigenvalue weighted by molar-refractivity contribution is 6.06. The van der Waals surface area contributed by atoms with E-state index in [2.05, 4.69) is 182 Å². The minimum Gasteiger partial charge on any atom is -0.456 e. The fourth-order valence-corrected chi connectivity index (χ4v) is 7.84. The van der Waals surface area contributed by atoms with E-state index in [1.807, 2.05) is 18.2 Å². The molecule has 0 aliphatic heterocycles. The minimum absolute atomic E-state index is 0.617. The Morgan fingerprint density at radius 2 is 0.596 bits per heavy atom. The molecule has 0 spiro atoms. The molecule has 4 nitrogen and oxygen atoms in total. The van der Waals surface area contributed by atoms with Gasteiger partial charge in [-0.3, -0.25) is 0 Å². The lowest BCUT2D eigenvalue weighted by Crippen LogP contribution is -2.00. The molecule has 0 N–H and O–H groups in total. The maximum atomic E-state index is 6.19. The predicted molar refractivity (Wildman–Crippen MR) is 235 cm³/mol. The van der Waals surface area contributed by atoms with Crippen molar-refractivity contribution in [1.82, 2.24) is 15.0 Å². The lowest BCUT2D eigenvalue weighted by molar-refractivity contribution is 0.669. The van der Waals surface area contributed by atoms with Crippen LogP contribution in [-0.2, 0) is 0 Å². The summed E-state index contributed by atoms with van der Waals surface area (Å²) in [6, 6.07) is 70.1. The molecule has 0 saturated carbocycles. The summed E-state index contributed by atoms with van der Waals surface area (Å²) in [6.07, 6.45) is 0. The molecule has 0 aliphatic rings. The highest BCUT2D eigenvalue weighted by Crippen LogP contribution is 2.34. The molecule has 57 heavy (non-hydrogen) atoms. The first-order valence-corrected chi connectivity index (χ1v) is 19.2. The number of para-hydroxylation sites is 1. The topological polar surface area (TPSA) is 51.8 Å². The normalized spacial score (nSPS) is 11.5. The second kappa shape index (κ2) is 13.6. The molecule has 0 amide bonds. The van der Waals surface area contributed by atoms with E-state index in [1.165, 1.54) is 32.7 Å². The lowest BCUT2D eigenvalue weighted by atomic mass is 10.00. The minimum atomic E-state index is 0.617. The summed E-state index contributed by atoms with van der Waals surface area (Å²) >= 11 is 0. The summed E-state index contributed by atoms with van der Waals surface area (Å²) in [5, 5.41) is 7.15. The molecule has 266 valence electrons. The summed E-state index contributed by atoms with van der Waals surface area (Å²) in [5.41, 5.74) is 11.3. The lowest BCUT2D eigenvalue weighted by Gasteiger charge is -2.11. The standard InChI is InChI=1S/C53H33N3O/c1-3-9-42-31-44(27-19-34(42)7-1)36-13-21-39(22-14-36)51-54-52(40-23-15-37(16-24-40)45-28-20-35-8-2-4-10-43(35)32-45)56-53(55-51)41-25-17-38(18-26-41)46-29-30-48-47-11-5-6-12-49(47)57-50(48)33-46/h1-33H. The maximum absolute atomic E-state index is 6.19. The van der Waals surface area contributed by atoms with Crippen LogP contribution < -0.4 is 0 Å². The first-order valence-electron chi connectivity index (χ1n) is 19.2. The Morgan fingerprint density at radius 1 is 0.246 bits per heavy atom. The number of hydrogen-bond acceptors (Lipinski definition) is 4. The van der Waals surface area contributed by atoms with Crippen LogP contribution in [0.2, 0.25) is 0 Å². The van der Waals surface area contributed by atoms with Gasteiger partial charge in [-0.25, -0.2) is 15.0 Å². The van der Waals surface area contributed by atoms with E-state index < -0.39 is 0 Å². The number of hydrogen-bond donors (Lipinski definition) is 0. The third kappa shape index (κ3) is 6.10. The van der Waals surface area contributed by atoms with Crippen LogP contribution in [0.5, 0.6) is 0 Å². The molecular weight excluding hydrogens is 695 g/mol. The van der Waals surface area contributed by atoms with Gasteiger partial charge in [0.25, 0.3) is 0 Å². The molecule has 0 fully saturated rings. The van der Waals surface area contributed by atoms with Gasteiger partial charge in [-0.2, -0.15) is 0 Å². The van der Waals surface area contributed by atoms with Crippen LogP contribution in [0.15, 0.2) is 205 Å². The van der Waals surface area contributed by atoms with Crippen molar-refractivity contribution >= 4 is 43.5 Å². The number of fused-ring (bicyclic) bond motifs is 5. The molecule has 0 radical (unpaired) electrons. The third-order valence-electron chi connectivity index (χ3n) is 10.9. The average molecular weight is 728 g/mol. The highest BCUT2D eigenvalue weighted by atomic mass is 16.3. The van der Waals surface area contributed by atoms with Crippen LogP contribution in [0.25, 0.3) is 111 Å². The number of nitrogens with zero attached hydrogens (tertiary/aromatic N) is 3. The molecule has 0 aliphatic carbocycles. The predicted octanol–water partition coefficient (Wildman–Crippen LogP) is 14.1. The maximum Gasteiger partial charge on any atom is 0.164 e. The second-order valence-corrected chi connectivity index (χ2v) is 14.5. The van der Waals surface area contributed by atoms with Crippen molar-refractivity contribution in [1.29, 1.82) is 0 Å². The van der Waals surface area contributed by atoms with Gasteiger partial charge in [-0.15, -0.1) is 0 Å². The van der Waals surface area contributed by atoms with Crippen molar-refractivity contribution in [3.8, 4) is 67.5 Å². The van der Waals surface area contributed by atoms with Crippen LogP contribution in [-0.4, -0.2) is 15.0 Å². The summed E-state index contributed by atoms with van der Waals surface area (Å²) in [5.74, 6) is 1.86. The molecule has 0 unspecified atom stereocenters. The van der Waals surface area contributed by atoms with Gasteiger partial charge >= 0.3 is 0 Å². The Labute approximate surface area is 329 Å². The molecule has 11 aromatic rings. The van der Waals surface area contributed by atoms with Gasteiger partial charge < -0.3 is 4.42 Å². The quantitative estimate of drug-likeness (QED) is 0.171. The first kappa shape index (κ1) is 32.7. The SMILES string of the molecule is c1ccc2cc(-c3ccc(-c4nc(-c5ccc(-c6ccc7ccccc7c6)cc5)nc(-c5ccc(-c6ccc7c(c6)oc6ccccc67)cc5)n4)cc3)ccc2c1. The molecule has 9 aromatic carbocycles. The smallest absolute Gasteiger partial charge is 0.164 e. The van der Waals surface area contributed by atoms with E-state index in [0.29, 0.717) is 17.5 Å². The van der Waals surface area contributed by atoms with Gasteiger partial charge in [0, 0.05) is 27.5 Å². The van der Waals surface area contributed by atoms with Crippen molar-refractivity contribution in [2.45, 2.75) is 0 Å². The average Bonchev–Trinajstić information content (AvgIpc) is 3.67. The van der Waals surface area contributed by atoms with Gasteiger partial charge in [0.15, 0.2) is 17.5 Å². The summed E-state index contributed by atoms with van der Waals surface area (Å²) < 4.78 is 6.19. The van der Waals surface area contributed by atoms with Crippen LogP contribution >= 0.6 is 0 Å². The molecule has 2 aromatic heterocycles. The molecule has 0 atom stereocenters.